The summed E-state index contributed by atoms with van der Waals surface area (Å²) in [5.74, 6) is -0.561. The lowest BCUT2D eigenvalue weighted by Crippen LogP contribution is -2.43. The van der Waals surface area contributed by atoms with E-state index in [1.165, 1.54) is 0 Å². The molecular formula is C26H25NO4. The molecule has 0 aliphatic rings. The molecule has 158 valence electrons. The van der Waals surface area contributed by atoms with Gasteiger partial charge in [-0.25, -0.2) is 9.59 Å². The van der Waals surface area contributed by atoms with Crippen LogP contribution in [0.5, 0.6) is 0 Å². The van der Waals surface area contributed by atoms with Crippen molar-refractivity contribution in [2.45, 2.75) is 25.2 Å². The molecule has 31 heavy (non-hydrogen) atoms. The standard InChI is InChI=1S/C26H25NO4/c1-2-24(22-16-10-5-11-17-22)31-25(28)23(18-20-12-6-3-7-13-20)27-26(29)30-19-21-14-8-4-9-15-21/h2-17,23-24H,1,18-19H2,(H,27,29)/t23?,24-/m0/s1. The molecule has 0 aliphatic heterocycles. The van der Waals surface area contributed by atoms with Crippen LogP contribution in [0.3, 0.4) is 0 Å². The van der Waals surface area contributed by atoms with Crippen molar-refractivity contribution in [2.24, 2.45) is 0 Å². The van der Waals surface area contributed by atoms with Gasteiger partial charge in [-0.05, 0) is 22.8 Å². The molecule has 1 N–H and O–H groups in total. The average molecular weight is 415 g/mol. The second-order valence-corrected chi connectivity index (χ2v) is 6.95. The van der Waals surface area contributed by atoms with Gasteiger partial charge in [0.15, 0.2) is 0 Å². The predicted octanol–water partition coefficient (Wildman–Crippen LogP) is 4.99. The lowest BCUT2D eigenvalue weighted by Gasteiger charge is -2.21. The van der Waals surface area contributed by atoms with Crippen LogP contribution in [0.25, 0.3) is 0 Å². The van der Waals surface area contributed by atoms with Crippen LogP contribution in [0.2, 0.25) is 0 Å². The minimum Gasteiger partial charge on any atom is -0.452 e. The molecule has 0 saturated heterocycles. The zero-order valence-corrected chi connectivity index (χ0v) is 17.1. The number of carbonyl (C=O) groups is 2. The van der Waals surface area contributed by atoms with Crippen LogP contribution in [0.1, 0.15) is 22.8 Å². The van der Waals surface area contributed by atoms with E-state index in [1.807, 2.05) is 91.0 Å². The number of nitrogens with one attached hydrogen (secondary N) is 1. The first-order chi connectivity index (χ1) is 15.2. The molecule has 5 heteroatoms. The molecule has 5 nitrogen and oxygen atoms in total. The van der Waals surface area contributed by atoms with Crippen molar-refractivity contribution in [3.05, 3.63) is 120 Å². The summed E-state index contributed by atoms with van der Waals surface area (Å²) in [5, 5.41) is 2.65. The lowest BCUT2D eigenvalue weighted by molar-refractivity contribution is -0.149. The number of ether oxygens (including phenoxy) is 2. The van der Waals surface area contributed by atoms with Crippen LogP contribution in [-0.2, 0) is 27.3 Å². The average Bonchev–Trinajstić information content (AvgIpc) is 2.82. The molecular weight excluding hydrogens is 390 g/mol. The largest absolute Gasteiger partial charge is 0.452 e. The Morgan fingerprint density at radius 2 is 1.39 bits per heavy atom. The third-order valence-corrected chi connectivity index (χ3v) is 4.66. The van der Waals surface area contributed by atoms with Crippen molar-refractivity contribution in [3.63, 3.8) is 0 Å². The molecule has 2 atom stereocenters. The summed E-state index contributed by atoms with van der Waals surface area (Å²) in [4.78, 5) is 25.3. The van der Waals surface area contributed by atoms with Crippen molar-refractivity contribution in [3.8, 4) is 0 Å². The van der Waals surface area contributed by atoms with Crippen LogP contribution in [-0.4, -0.2) is 18.1 Å². The Morgan fingerprint density at radius 1 is 0.839 bits per heavy atom. The number of amides is 1. The number of rotatable bonds is 9. The highest BCUT2D eigenvalue weighted by atomic mass is 16.6. The smallest absolute Gasteiger partial charge is 0.408 e. The highest BCUT2D eigenvalue weighted by molar-refractivity contribution is 5.82. The summed E-state index contributed by atoms with van der Waals surface area (Å²) in [7, 11) is 0. The second kappa shape index (κ2) is 11.4. The first kappa shape index (κ1) is 21.8. The lowest BCUT2D eigenvalue weighted by atomic mass is 10.1. The van der Waals surface area contributed by atoms with E-state index in [0.717, 1.165) is 16.7 Å². The minimum atomic E-state index is -0.906. The fourth-order valence-electron chi connectivity index (χ4n) is 3.05. The topological polar surface area (TPSA) is 64.6 Å². The Labute approximate surface area is 182 Å². The van der Waals surface area contributed by atoms with Gasteiger partial charge in [-0.15, -0.1) is 0 Å². The highest BCUT2D eigenvalue weighted by Gasteiger charge is 2.26. The third kappa shape index (κ3) is 6.85. The Kier molecular flexibility index (Phi) is 8.00. The molecule has 0 spiro atoms. The van der Waals surface area contributed by atoms with Crippen LogP contribution in [0, 0.1) is 0 Å². The summed E-state index contributed by atoms with van der Waals surface area (Å²) in [6.45, 7) is 3.88. The van der Waals surface area contributed by atoms with E-state index >= 15 is 0 Å². The molecule has 0 saturated carbocycles. The number of benzene rings is 3. The van der Waals surface area contributed by atoms with Crippen molar-refractivity contribution in [1.82, 2.24) is 5.32 Å². The van der Waals surface area contributed by atoms with E-state index in [0.29, 0.717) is 0 Å². The van der Waals surface area contributed by atoms with Gasteiger partial charge in [-0.1, -0.05) is 97.6 Å². The molecule has 1 unspecified atom stereocenters. The first-order valence-electron chi connectivity index (χ1n) is 10.0. The number of carbonyl (C=O) groups excluding carboxylic acids is 2. The maximum absolute atomic E-state index is 13.0. The van der Waals surface area contributed by atoms with E-state index in [1.54, 1.807) is 6.08 Å². The Hall–Kier alpha value is -3.86. The van der Waals surface area contributed by atoms with Gasteiger partial charge in [0.1, 0.15) is 18.8 Å². The number of esters is 1. The molecule has 0 bridgehead atoms. The van der Waals surface area contributed by atoms with Crippen LogP contribution >= 0.6 is 0 Å². The molecule has 0 aliphatic carbocycles. The Bertz CT molecular complexity index is 974. The molecule has 0 aromatic heterocycles. The molecule has 1 amide bonds. The van der Waals surface area contributed by atoms with Gasteiger partial charge in [0.05, 0.1) is 0 Å². The Morgan fingerprint density at radius 3 is 1.97 bits per heavy atom. The zero-order valence-electron chi connectivity index (χ0n) is 17.1. The summed E-state index contributed by atoms with van der Waals surface area (Å²) >= 11 is 0. The Balaban J connectivity index is 1.68. The SMILES string of the molecule is C=C[C@H](OC(=O)C(Cc1ccccc1)NC(=O)OCc1ccccc1)c1ccccc1. The normalized spacial score (nSPS) is 12.3. The van der Waals surface area contributed by atoms with Crippen molar-refractivity contribution >= 4 is 12.1 Å². The van der Waals surface area contributed by atoms with Gasteiger partial charge < -0.3 is 14.8 Å². The molecule has 3 aromatic rings. The molecule has 0 heterocycles. The van der Waals surface area contributed by atoms with Gasteiger partial charge in [-0.2, -0.15) is 0 Å². The van der Waals surface area contributed by atoms with Gasteiger partial charge in [-0.3, -0.25) is 0 Å². The second-order valence-electron chi connectivity index (χ2n) is 6.95. The van der Waals surface area contributed by atoms with Crippen molar-refractivity contribution in [1.29, 1.82) is 0 Å². The van der Waals surface area contributed by atoms with Gasteiger partial charge in [0, 0.05) is 6.42 Å². The predicted molar refractivity (Wildman–Crippen MR) is 119 cm³/mol. The maximum atomic E-state index is 13.0. The summed E-state index contributed by atoms with van der Waals surface area (Å²) in [6, 6.07) is 27.2. The molecule has 3 aromatic carbocycles. The molecule has 0 fully saturated rings. The minimum absolute atomic E-state index is 0.110. The number of hydrogen-bond acceptors (Lipinski definition) is 4. The fraction of sp³-hybridized carbons (Fsp3) is 0.154. The van der Waals surface area contributed by atoms with Gasteiger partial charge in [0.2, 0.25) is 0 Å². The first-order valence-corrected chi connectivity index (χ1v) is 10.0. The van der Waals surface area contributed by atoms with E-state index in [9.17, 15) is 9.59 Å². The summed E-state index contributed by atoms with van der Waals surface area (Å²) < 4.78 is 10.9. The van der Waals surface area contributed by atoms with Crippen molar-refractivity contribution in [2.75, 3.05) is 0 Å². The van der Waals surface area contributed by atoms with Gasteiger partial charge >= 0.3 is 12.1 Å². The maximum Gasteiger partial charge on any atom is 0.408 e. The van der Waals surface area contributed by atoms with Crippen molar-refractivity contribution < 1.29 is 19.1 Å². The van der Waals surface area contributed by atoms with Crippen LogP contribution in [0.4, 0.5) is 4.79 Å². The monoisotopic (exact) mass is 415 g/mol. The van der Waals surface area contributed by atoms with E-state index in [-0.39, 0.29) is 13.0 Å². The van der Waals surface area contributed by atoms with Gasteiger partial charge in [0.25, 0.3) is 0 Å². The quantitative estimate of drug-likeness (QED) is 0.395. The number of hydrogen-bond donors (Lipinski definition) is 1. The van der Waals surface area contributed by atoms with E-state index in [2.05, 4.69) is 11.9 Å². The van der Waals surface area contributed by atoms with Crippen LogP contribution in [0.15, 0.2) is 104 Å². The van der Waals surface area contributed by atoms with E-state index < -0.39 is 24.2 Å². The highest BCUT2D eigenvalue weighted by Crippen LogP contribution is 2.19. The fourth-order valence-corrected chi connectivity index (χ4v) is 3.05. The molecule has 0 radical (unpaired) electrons. The third-order valence-electron chi connectivity index (χ3n) is 4.66. The summed E-state index contributed by atoms with van der Waals surface area (Å²) in [6.07, 6.45) is 0.532. The van der Waals surface area contributed by atoms with Crippen LogP contribution < -0.4 is 5.32 Å². The number of alkyl carbamates (subject to hydrolysis) is 1. The van der Waals surface area contributed by atoms with E-state index in [4.69, 9.17) is 9.47 Å². The zero-order chi connectivity index (χ0) is 21.9. The molecule has 3 rings (SSSR count). The summed E-state index contributed by atoms with van der Waals surface area (Å²) in [5.41, 5.74) is 2.55.